The van der Waals surface area contributed by atoms with Crippen molar-refractivity contribution >= 4 is 29.7 Å². The van der Waals surface area contributed by atoms with Gasteiger partial charge in [-0.2, -0.15) is 5.06 Å². The molecule has 160 valence electrons. The number of amides is 2. The molecule has 3 aromatic rings. The van der Waals surface area contributed by atoms with Crippen LogP contribution in [0, 0.1) is 0 Å². The van der Waals surface area contributed by atoms with Crippen LogP contribution < -0.4 is 10.5 Å². The fourth-order valence-electron chi connectivity index (χ4n) is 2.87. The molecule has 1 N–H and O–H groups in total. The first-order valence-corrected chi connectivity index (χ1v) is 10.1. The summed E-state index contributed by atoms with van der Waals surface area (Å²) < 4.78 is 0. The highest BCUT2D eigenvalue weighted by Gasteiger charge is 2.12. The van der Waals surface area contributed by atoms with E-state index >= 15 is 0 Å². The Hall–Kier alpha value is -3.26. The zero-order valence-electron chi connectivity index (χ0n) is 17.1. The molecule has 31 heavy (non-hydrogen) atoms. The molecular formula is C23H23ClN4O3. The average molecular weight is 439 g/mol. The molecule has 3 rings (SSSR count). The zero-order valence-corrected chi connectivity index (χ0v) is 17.8. The van der Waals surface area contributed by atoms with Crippen molar-refractivity contribution in [1.82, 2.24) is 15.4 Å². The van der Waals surface area contributed by atoms with Gasteiger partial charge in [-0.15, -0.1) is 0 Å². The molecule has 0 aliphatic rings. The number of carbonyl (C=O) groups excluding carboxylic acids is 2. The lowest BCUT2D eigenvalue weighted by atomic mass is 10.1. The maximum Gasteiger partial charge on any atom is 0.239 e. The highest BCUT2D eigenvalue weighted by molar-refractivity contribution is 6.31. The van der Waals surface area contributed by atoms with Crippen LogP contribution in [0.15, 0.2) is 72.9 Å². The second-order valence-electron chi connectivity index (χ2n) is 6.63. The molecule has 0 fully saturated rings. The van der Waals surface area contributed by atoms with Crippen LogP contribution >= 0.6 is 11.6 Å². The third-order valence-electron chi connectivity index (χ3n) is 4.52. The fraction of sp³-hybridized carbons (Fsp3) is 0.174. The average Bonchev–Trinajstić information content (AvgIpc) is 2.80. The lowest BCUT2D eigenvalue weighted by Crippen LogP contribution is -2.44. The Morgan fingerprint density at radius 2 is 1.81 bits per heavy atom. The summed E-state index contributed by atoms with van der Waals surface area (Å²) in [5.41, 5.74) is 5.86. The number of nitrogens with one attached hydrogen (secondary N) is 1. The number of hydrazine groups is 1. The van der Waals surface area contributed by atoms with E-state index in [1.54, 1.807) is 18.3 Å². The first-order valence-electron chi connectivity index (χ1n) is 9.72. The van der Waals surface area contributed by atoms with E-state index in [1.165, 1.54) is 11.9 Å². The van der Waals surface area contributed by atoms with Gasteiger partial charge in [0.15, 0.2) is 5.82 Å². The number of aromatic nitrogens is 1. The lowest BCUT2D eigenvalue weighted by Gasteiger charge is -2.23. The van der Waals surface area contributed by atoms with Crippen LogP contribution in [0.3, 0.4) is 0 Å². The molecule has 0 bridgehead atoms. The second kappa shape index (κ2) is 11.2. The molecule has 0 radical (unpaired) electrons. The summed E-state index contributed by atoms with van der Waals surface area (Å²) in [7, 11) is 0. The van der Waals surface area contributed by atoms with Crippen LogP contribution in [0.1, 0.15) is 12.5 Å². The van der Waals surface area contributed by atoms with Gasteiger partial charge in [-0.3, -0.25) is 19.4 Å². The summed E-state index contributed by atoms with van der Waals surface area (Å²) in [5.74, 6) is 0.173. The zero-order chi connectivity index (χ0) is 22.1. The number of hydrogen-bond donors (Lipinski definition) is 1. The molecular weight excluding hydrogens is 416 g/mol. The van der Waals surface area contributed by atoms with Crippen molar-refractivity contribution in [2.75, 3.05) is 18.2 Å². The Bertz CT molecular complexity index is 999. The molecule has 0 aliphatic carbocycles. The largest absolute Gasteiger partial charge is 0.276 e. The van der Waals surface area contributed by atoms with E-state index in [2.05, 4.69) is 10.4 Å². The van der Waals surface area contributed by atoms with Crippen LogP contribution in [0.4, 0.5) is 5.82 Å². The smallest absolute Gasteiger partial charge is 0.239 e. The van der Waals surface area contributed by atoms with E-state index in [1.807, 2.05) is 54.6 Å². The second-order valence-corrected chi connectivity index (χ2v) is 7.04. The van der Waals surface area contributed by atoms with Crippen LogP contribution in [0.25, 0.3) is 11.1 Å². The van der Waals surface area contributed by atoms with Gasteiger partial charge in [0.05, 0.1) is 13.2 Å². The van der Waals surface area contributed by atoms with Crippen LogP contribution in [0.5, 0.6) is 0 Å². The number of rotatable bonds is 10. The van der Waals surface area contributed by atoms with Gasteiger partial charge in [0.25, 0.3) is 0 Å². The van der Waals surface area contributed by atoms with Crippen molar-refractivity contribution in [1.29, 1.82) is 0 Å². The standard InChI is InChI=1S/C23H23ClN4O3/c1-18(30)27(26-16-21-9-5-6-10-22(21)24)13-14-31-28(17-29)23-12-11-20(15-25-23)19-7-3-2-4-8-19/h2-12,15,17,26H,13-14,16H2,1H3. The Balaban J connectivity index is 1.54. The molecule has 7 nitrogen and oxygen atoms in total. The van der Waals surface area contributed by atoms with E-state index in [0.29, 0.717) is 23.8 Å². The maximum absolute atomic E-state index is 11.9. The van der Waals surface area contributed by atoms with Crippen LogP contribution in [-0.2, 0) is 21.0 Å². The molecule has 0 aliphatic heterocycles. The number of anilines is 1. The van der Waals surface area contributed by atoms with Crippen LogP contribution in [-0.4, -0.2) is 35.5 Å². The van der Waals surface area contributed by atoms with E-state index in [0.717, 1.165) is 21.8 Å². The quantitative estimate of drug-likeness (QED) is 0.384. The third kappa shape index (κ3) is 6.36. The van der Waals surface area contributed by atoms with Crippen LogP contribution in [0.2, 0.25) is 5.02 Å². The highest BCUT2D eigenvalue weighted by atomic mass is 35.5. The number of carbonyl (C=O) groups is 2. The van der Waals surface area contributed by atoms with Gasteiger partial charge in [-0.25, -0.2) is 10.4 Å². The lowest BCUT2D eigenvalue weighted by molar-refractivity contribution is -0.133. The van der Waals surface area contributed by atoms with Gasteiger partial charge in [0.2, 0.25) is 12.3 Å². The predicted molar refractivity (Wildman–Crippen MR) is 120 cm³/mol. The van der Waals surface area contributed by atoms with Crippen molar-refractivity contribution in [3.63, 3.8) is 0 Å². The monoisotopic (exact) mass is 438 g/mol. The van der Waals surface area contributed by atoms with Crippen molar-refractivity contribution in [2.45, 2.75) is 13.5 Å². The number of benzene rings is 2. The van der Waals surface area contributed by atoms with E-state index < -0.39 is 0 Å². The Kier molecular flexibility index (Phi) is 8.12. The molecule has 0 atom stereocenters. The predicted octanol–water partition coefficient (Wildman–Crippen LogP) is 3.85. The van der Waals surface area contributed by atoms with Crippen molar-refractivity contribution in [2.24, 2.45) is 0 Å². The summed E-state index contributed by atoms with van der Waals surface area (Å²) in [5, 5.41) is 3.08. The Labute approximate surface area is 186 Å². The topological polar surface area (TPSA) is 74.8 Å². The van der Waals surface area contributed by atoms with E-state index in [9.17, 15) is 9.59 Å². The Morgan fingerprint density at radius 3 is 2.45 bits per heavy atom. The number of nitrogens with zero attached hydrogens (tertiary/aromatic N) is 3. The molecule has 0 unspecified atom stereocenters. The molecule has 0 spiro atoms. The Morgan fingerprint density at radius 1 is 1.06 bits per heavy atom. The molecule has 2 aromatic carbocycles. The van der Waals surface area contributed by atoms with Gasteiger partial charge in [0, 0.05) is 30.3 Å². The molecule has 0 saturated carbocycles. The van der Waals surface area contributed by atoms with Gasteiger partial charge in [-0.1, -0.05) is 60.1 Å². The number of halogens is 1. The molecule has 8 heteroatoms. The summed E-state index contributed by atoms with van der Waals surface area (Å²) >= 11 is 6.15. The minimum Gasteiger partial charge on any atom is -0.276 e. The van der Waals surface area contributed by atoms with E-state index in [-0.39, 0.29) is 19.1 Å². The molecule has 1 aromatic heterocycles. The minimum absolute atomic E-state index is 0.0932. The number of hydrogen-bond acceptors (Lipinski definition) is 5. The molecule has 2 amide bonds. The summed E-state index contributed by atoms with van der Waals surface area (Å²) in [6, 6.07) is 20.8. The summed E-state index contributed by atoms with van der Waals surface area (Å²) in [6.45, 7) is 2.16. The van der Waals surface area contributed by atoms with Gasteiger partial charge in [-0.05, 0) is 29.3 Å². The minimum atomic E-state index is -0.182. The van der Waals surface area contributed by atoms with Gasteiger partial charge >= 0.3 is 0 Å². The van der Waals surface area contributed by atoms with Gasteiger partial charge in [0.1, 0.15) is 0 Å². The van der Waals surface area contributed by atoms with Crippen molar-refractivity contribution in [3.05, 3.63) is 83.5 Å². The van der Waals surface area contributed by atoms with Crippen molar-refractivity contribution < 1.29 is 14.4 Å². The first kappa shape index (κ1) is 22.4. The number of pyridine rings is 1. The number of hydroxylamine groups is 1. The van der Waals surface area contributed by atoms with Gasteiger partial charge < -0.3 is 0 Å². The summed E-state index contributed by atoms with van der Waals surface area (Å²) in [6.07, 6.45) is 2.22. The first-order chi connectivity index (χ1) is 15.1. The maximum atomic E-state index is 11.9. The SMILES string of the molecule is CC(=O)N(CCON(C=O)c1ccc(-c2ccccc2)cn1)NCc1ccccc1Cl. The fourth-order valence-corrected chi connectivity index (χ4v) is 3.07. The molecule has 0 saturated heterocycles. The summed E-state index contributed by atoms with van der Waals surface area (Å²) in [4.78, 5) is 33.2. The normalized spacial score (nSPS) is 10.5. The van der Waals surface area contributed by atoms with Crippen molar-refractivity contribution in [3.8, 4) is 11.1 Å². The third-order valence-corrected chi connectivity index (χ3v) is 4.89. The molecule has 1 heterocycles. The highest BCUT2D eigenvalue weighted by Crippen LogP contribution is 2.20. The van der Waals surface area contributed by atoms with E-state index in [4.69, 9.17) is 16.4 Å².